The molecule has 0 radical (unpaired) electrons. The minimum absolute atomic E-state index is 0. The Morgan fingerprint density at radius 1 is 1.14 bits per heavy atom. The van der Waals surface area contributed by atoms with E-state index in [9.17, 15) is 0 Å². The SMILES string of the molecule is CN=C(NCc1ccc(CN2CCCC(C)C2)cc1)NCc1ccnn1C.I. The molecule has 154 valence electrons. The summed E-state index contributed by atoms with van der Waals surface area (Å²) in [5, 5.41) is 10.9. The first kappa shape index (κ1) is 22.7. The average Bonchev–Trinajstić information content (AvgIpc) is 3.08. The third-order valence-electron chi connectivity index (χ3n) is 5.21. The van der Waals surface area contributed by atoms with Crippen LogP contribution in [0.2, 0.25) is 0 Å². The number of aryl methyl sites for hydroxylation is 1. The smallest absolute Gasteiger partial charge is 0.191 e. The highest BCUT2D eigenvalue weighted by Gasteiger charge is 2.16. The third kappa shape index (κ3) is 6.77. The molecule has 1 aromatic heterocycles. The van der Waals surface area contributed by atoms with Crippen molar-refractivity contribution < 1.29 is 0 Å². The lowest BCUT2D eigenvalue weighted by molar-refractivity contribution is 0.176. The van der Waals surface area contributed by atoms with Crippen molar-refractivity contribution >= 4 is 29.9 Å². The molecule has 0 aliphatic carbocycles. The largest absolute Gasteiger partial charge is 0.352 e. The molecule has 1 aliphatic rings. The molecule has 1 atom stereocenters. The fraction of sp³-hybridized carbons (Fsp3) is 0.524. The molecule has 7 heteroatoms. The Kier molecular flexibility index (Phi) is 9.24. The summed E-state index contributed by atoms with van der Waals surface area (Å²) in [4.78, 5) is 6.87. The van der Waals surface area contributed by atoms with Crippen molar-refractivity contribution in [3.63, 3.8) is 0 Å². The molecule has 1 saturated heterocycles. The normalized spacial score (nSPS) is 17.8. The summed E-state index contributed by atoms with van der Waals surface area (Å²) in [6.07, 6.45) is 4.50. The first-order chi connectivity index (χ1) is 13.1. The second kappa shape index (κ2) is 11.4. The van der Waals surface area contributed by atoms with Crippen LogP contribution in [0.5, 0.6) is 0 Å². The molecule has 0 bridgehead atoms. The van der Waals surface area contributed by atoms with Gasteiger partial charge in [-0.2, -0.15) is 5.10 Å². The number of nitrogens with one attached hydrogen (secondary N) is 2. The van der Waals surface area contributed by atoms with E-state index in [-0.39, 0.29) is 24.0 Å². The van der Waals surface area contributed by atoms with E-state index in [0.29, 0.717) is 6.54 Å². The number of benzene rings is 1. The topological polar surface area (TPSA) is 57.5 Å². The fourth-order valence-corrected chi connectivity index (χ4v) is 3.61. The Morgan fingerprint density at radius 3 is 2.50 bits per heavy atom. The number of aliphatic imine (C=N–C) groups is 1. The van der Waals surface area contributed by atoms with Crippen LogP contribution in [-0.2, 0) is 26.7 Å². The maximum atomic E-state index is 4.29. The van der Waals surface area contributed by atoms with E-state index in [1.54, 1.807) is 13.2 Å². The maximum absolute atomic E-state index is 4.29. The van der Waals surface area contributed by atoms with Gasteiger partial charge in [0, 0.05) is 39.9 Å². The van der Waals surface area contributed by atoms with Gasteiger partial charge < -0.3 is 10.6 Å². The number of nitrogens with zero attached hydrogens (tertiary/aromatic N) is 4. The molecule has 1 unspecified atom stereocenters. The number of guanidine groups is 1. The summed E-state index contributed by atoms with van der Waals surface area (Å²) >= 11 is 0. The Balaban J connectivity index is 0.00000280. The van der Waals surface area contributed by atoms with E-state index in [0.717, 1.165) is 30.7 Å². The Labute approximate surface area is 185 Å². The van der Waals surface area contributed by atoms with Gasteiger partial charge >= 0.3 is 0 Å². The van der Waals surface area contributed by atoms with Gasteiger partial charge in [0.15, 0.2) is 5.96 Å². The van der Waals surface area contributed by atoms with E-state index in [2.05, 4.69) is 56.8 Å². The van der Waals surface area contributed by atoms with Crippen LogP contribution >= 0.6 is 24.0 Å². The van der Waals surface area contributed by atoms with Crippen molar-refractivity contribution in [2.75, 3.05) is 20.1 Å². The van der Waals surface area contributed by atoms with Crippen LogP contribution in [0.25, 0.3) is 0 Å². The van der Waals surface area contributed by atoms with E-state index >= 15 is 0 Å². The second-order valence-corrected chi connectivity index (χ2v) is 7.52. The third-order valence-corrected chi connectivity index (χ3v) is 5.21. The monoisotopic (exact) mass is 496 g/mol. The molecule has 6 nitrogen and oxygen atoms in total. The molecule has 3 rings (SSSR count). The number of hydrogen-bond acceptors (Lipinski definition) is 3. The van der Waals surface area contributed by atoms with Crippen LogP contribution in [-0.4, -0.2) is 40.8 Å². The molecule has 28 heavy (non-hydrogen) atoms. The van der Waals surface area contributed by atoms with Crippen molar-refractivity contribution in [3.8, 4) is 0 Å². The zero-order valence-electron chi connectivity index (χ0n) is 17.2. The second-order valence-electron chi connectivity index (χ2n) is 7.52. The molecule has 0 amide bonds. The molecule has 1 fully saturated rings. The Bertz CT molecular complexity index is 740. The van der Waals surface area contributed by atoms with E-state index in [1.165, 1.54) is 37.1 Å². The highest BCUT2D eigenvalue weighted by molar-refractivity contribution is 14.0. The molecule has 1 aromatic carbocycles. The lowest BCUT2D eigenvalue weighted by atomic mass is 9.99. The standard InChI is InChI=1S/C21H32N6.HI/c1-17-5-4-12-27(15-17)16-19-8-6-18(7-9-19)13-23-21(22-2)24-14-20-10-11-25-26(20)3;/h6-11,17H,4-5,12-16H2,1-3H3,(H2,22,23,24);1H. The van der Waals surface area contributed by atoms with E-state index < -0.39 is 0 Å². The summed E-state index contributed by atoms with van der Waals surface area (Å²) in [5.41, 5.74) is 3.77. The van der Waals surface area contributed by atoms with Crippen LogP contribution in [0.3, 0.4) is 0 Å². The summed E-state index contributed by atoms with van der Waals surface area (Å²) < 4.78 is 1.86. The minimum Gasteiger partial charge on any atom is -0.352 e. The summed E-state index contributed by atoms with van der Waals surface area (Å²) in [5.74, 6) is 1.62. The number of piperidine rings is 1. The Hall–Kier alpha value is -1.61. The Morgan fingerprint density at radius 2 is 1.86 bits per heavy atom. The van der Waals surface area contributed by atoms with Gasteiger partial charge in [0.1, 0.15) is 0 Å². The summed E-state index contributed by atoms with van der Waals surface area (Å²) in [6, 6.07) is 10.9. The molecule has 1 aliphatic heterocycles. The molecule has 2 aromatic rings. The van der Waals surface area contributed by atoms with Crippen molar-refractivity contribution in [1.82, 2.24) is 25.3 Å². The van der Waals surface area contributed by atoms with Crippen LogP contribution in [0, 0.1) is 5.92 Å². The molecular formula is C21H33IN6. The first-order valence-electron chi connectivity index (χ1n) is 9.85. The highest BCUT2D eigenvalue weighted by atomic mass is 127. The number of rotatable bonds is 6. The van der Waals surface area contributed by atoms with Crippen molar-refractivity contribution in [2.24, 2.45) is 18.0 Å². The van der Waals surface area contributed by atoms with Gasteiger partial charge in [-0.05, 0) is 42.5 Å². The summed E-state index contributed by atoms with van der Waals surface area (Å²) in [7, 11) is 3.74. The quantitative estimate of drug-likeness (QED) is 0.367. The van der Waals surface area contributed by atoms with Gasteiger partial charge in [0.2, 0.25) is 0 Å². The van der Waals surface area contributed by atoms with Crippen LogP contribution in [0.1, 0.15) is 36.6 Å². The lowest BCUT2D eigenvalue weighted by Crippen LogP contribution is -2.36. The molecule has 0 spiro atoms. The number of likely N-dealkylation sites (tertiary alicyclic amines) is 1. The summed E-state index contributed by atoms with van der Waals surface area (Å²) in [6.45, 7) is 7.33. The zero-order valence-corrected chi connectivity index (χ0v) is 19.5. The number of aromatic nitrogens is 2. The van der Waals surface area contributed by atoms with Crippen molar-refractivity contribution in [1.29, 1.82) is 0 Å². The predicted octanol–water partition coefficient (Wildman–Crippen LogP) is 3.14. The van der Waals surface area contributed by atoms with Crippen LogP contribution in [0.4, 0.5) is 0 Å². The lowest BCUT2D eigenvalue weighted by Gasteiger charge is -2.30. The van der Waals surface area contributed by atoms with Gasteiger partial charge in [-0.3, -0.25) is 14.6 Å². The van der Waals surface area contributed by atoms with Crippen LogP contribution < -0.4 is 10.6 Å². The van der Waals surface area contributed by atoms with Gasteiger partial charge in [-0.15, -0.1) is 24.0 Å². The maximum Gasteiger partial charge on any atom is 0.191 e. The van der Waals surface area contributed by atoms with Gasteiger partial charge in [0.05, 0.1) is 12.2 Å². The molecule has 2 heterocycles. The molecule has 0 saturated carbocycles. The average molecular weight is 496 g/mol. The van der Waals surface area contributed by atoms with Gasteiger partial charge in [0.25, 0.3) is 0 Å². The predicted molar refractivity (Wildman–Crippen MR) is 126 cm³/mol. The van der Waals surface area contributed by atoms with Gasteiger partial charge in [-0.25, -0.2) is 0 Å². The van der Waals surface area contributed by atoms with E-state index in [4.69, 9.17) is 0 Å². The minimum atomic E-state index is 0. The molecular weight excluding hydrogens is 463 g/mol. The first-order valence-corrected chi connectivity index (χ1v) is 9.85. The van der Waals surface area contributed by atoms with E-state index in [1.807, 2.05) is 17.8 Å². The number of hydrogen-bond donors (Lipinski definition) is 2. The highest BCUT2D eigenvalue weighted by Crippen LogP contribution is 2.18. The number of halogens is 1. The molecule has 2 N–H and O–H groups in total. The van der Waals surface area contributed by atoms with Crippen molar-refractivity contribution in [2.45, 2.75) is 39.4 Å². The van der Waals surface area contributed by atoms with Gasteiger partial charge in [-0.1, -0.05) is 31.2 Å². The van der Waals surface area contributed by atoms with Crippen LogP contribution in [0.15, 0.2) is 41.5 Å². The fourth-order valence-electron chi connectivity index (χ4n) is 3.61. The zero-order chi connectivity index (χ0) is 19.1. The van der Waals surface area contributed by atoms with Crippen molar-refractivity contribution in [3.05, 3.63) is 53.3 Å².